The van der Waals surface area contributed by atoms with Crippen molar-refractivity contribution in [1.82, 2.24) is 0 Å². The molecule has 0 spiro atoms. The fraction of sp³-hybridized carbons (Fsp3) is 0.500. The van der Waals surface area contributed by atoms with Gasteiger partial charge >= 0.3 is 0 Å². The van der Waals surface area contributed by atoms with Gasteiger partial charge in [-0.1, -0.05) is 18.2 Å². The van der Waals surface area contributed by atoms with Crippen molar-refractivity contribution >= 4 is 5.69 Å². The Morgan fingerprint density at radius 2 is 2.06 bits per heavy atom. The summed E-state index contributed by atoms with van der Waals surface area (Å²) in [6.07, 6.45) is 1.78. The van der Waals surface area contributed by atoms with Crippen molar-refractivity contribution in [1.29, 1.82) is 5.26 Å². The number of nitriles is 1. The van der Waals surface area contributed by atoms with Crippen LogP contribution in [0.5, 0.6) is 0 Å². The molecule has 1 saturated heterocycles. The molecule has 16 heavy (non-hydrogen) atoms. The largest absolute Gasteiger partial charge is 0.366 e. The lowest BCUT2D eigenvalue weighted by molar-refractivity contribution is 0.371. The Hall–Kier alpha value is -1.49. The Morgan fingerprint density at radius 1 is 1.38 bits per heavy atom. The number of benzene rings is 1. The van der Waals surface area contributed by atoms with Gasteiger partial charge in [-0.3, -0.25) is 0 Å². The van der Waals surface area contributed by atoms with E-state index >= 15 is 0 Å². The maximum atomic E-state index is 8.85. The Balaban J connectivity index is 2.23. The molecule has 0 amide bonds. The van der Waals surface area contributed by atoms with Crippen LogP contribution in [0.15, 0.2) is 30.3 Å². The molecule has 0 aliphatic carbocycles. The minimum atomic E-state index is 0.0943. The summed E-state index contributed by atoms with van der Waals surface area (Å²) in [6.45, 7) is 5.55. The van der Waals surface area contributed by atoms with E-state index in [0.29, 0.717) is 12.3 Å². The fourth-order valence-corrected chi connectivity index (χ4v) is 2.68. The van der Waals surface area contributed by atoms with Gasteiger partial charge in [-0.15, -0.1) is 0 Å². The molecule has 0 aromatic heterocycles. The van der Waals surface area contributed by atoms with Crippen molar-refractivity contribution in [2.24, 2.45) is 5.92 Å². The third-order valence-corrected chi connectivity index (χ3v) is 3.80. The molecule has 1 aromatic carbocycles. The summed E-state index contributed by atoms with van der Waals surface area (Å²) >= 11 is 0. The molecule has 2 heteroatoms. The average Bonchev–Trinajstić information content (AvgIpc) is 2.57. The Morgan fingerprint density at radius 3 is 2.69 bits per heavy atom. The van der Waals surface area contributed by atoms with Gasteiger partial charge in [-0.25, -0.2) is 0 Å². The molecule has 0 saturated carbocycles. The first-order valence-corrected chi connectivity index (χ1v) is 5.86. The maximum absolute atomic E-state index is 8.85. The molecule has 1 aliphatic heterocycles. The molecule has 0 radical (unpaired) electrons. The summed E-state index contributed by atoms with van der Waals surface area (Å²) in [5, 5.41) is 8.85. The average molecular weight is 214 g/mol. The normalized spacial score (nSPS) is 23.1. The molecule has 0 N–H and O–H groups in total. The predicted octanol–water partition coefficient (Wildman–Crippen LogP) is 3.21. The van der Waals surface area contributed by atoms with E-state index in [1.807, 2.05) is 6.07 Å². The molecule has 1 fully saturated rings. The minimum absolute atomic E-state index is 0.0943. The number of rotatable bonds is 2. The zero-order valence-corrected chi connectivity index (χ0v) is 9.98. The van der Waals surface area contributed by atoms with Crippen LogP contribution >= 0.6 is 0 Å². The Labute approximate surface area is 97.5 Å². The summed E-state index contributed by atoms with van der Waals surface area (Å²) in [4.78, 5) is 2.43. The third kappa shape index (κ3) is 1.78. The van der Waals surface area contributed by atoms with Crippen LogP contribution in [0.25, 0.3) is 0 Å². The SMILES string of the molecule is CC1(C)C(CC#N)CCN1c1ccccc1. The van der Waals surface area contributed by atoms with E-state index in [9.17, 15) is 0 Å². The van der Waals surface area contributed by atoms with Gasteiger partial charge in [-0.05, 0) is 38.3 Å². The second-order valence-corrected chi connectivity index (χ2v) is 4.99. The van der Waals surface area contributed by atoms with Crippen LogP contribution in [0.1, 0.15) is 26.7 Å². The van der Waals surface area contributed by atoms with Crippen LogP contribution in [-0.2, 0) is 0 Å². The van der Waals surface area contributed by atoms with Gasteiger partial charge in [0.1, 0.15) is 0 Å². The highest BCUT2D eigenvalue weighted by atomic mass is 15.2. The lowest BCUT2D eigenvalue weighted by Crippen LogP contribution is -2.42. The standard InChI is InChI=1S/C14H18N2/c1-14(2)12(8-10-15)9-11-16(14)13-6-4-3-5-7-13/h3-7,12H,8-9,11H2,1-2H3. The van der Waals surface area contributed by atoms with Crippen LogP contribution in [0.4, 0.5) is 5.69 Å². The molecule has 2 nitrogen and oxygen atoms in total. The predicted molar refractivity (Wildman–Crippen MR) is 66.2 cm³/mol. The third-order valence-electron chi connectivity index (χ3n) is 3.80. The van der Waals surface area contributed by atoms with E-state index in [0.717, 1.165) is 13.0 Å². The number of hydrogen-bond donors (Lipinski definition) is 0. The molecule has 2 rings (SSSR count). The summed E-state index contributed by atoms with van der Waals surface area (Å²) in [7, 11) is 0. The maximum Gasteiger partial charge on any atom is 0.0625 e. The first kappa shape index (κ1) is 11.0. The van der Waals surface area contributed by atoms with E-state index in [1.54, 1.807) is 0 Å². The first-order chi connectivity index (χ1) is 7.66. The summed E-state index contributed by atoms with van der Waals surface area (Å²) in [6, 6.07) is 12.8. The number of anilines is 1. The van der Waals surface area contributed by atoms with E-state index in [-0.39, 0.29) is 5.54 Å². The van der Waals surface area contributed by atoms with Gasteiger partial charge in [0.25, 0.3) is 0 Å². The lowest BCUT2D eigenvalue weighted by Gasteiger charge is -2.37. The van der Waals surface area contributed by atoms with E-state index in [2.05, 4.69) is 49.1 Å². The van der Waals surface area contributed by atoms with Crippen LogP contribution in [0.3, 0.4) is 0 Å². The van der Waals surface area contributed by atoms with Gasteiger partial charge in [0.15, 0.2) is 0 Å². The van der Waals surface area contributed by atoms with Crippen LogP contribution in [-0.4, -0.2) is 12.1 Å². The van der Waals surface area contributed by atoms with E-state index in [1.165, 1.54) is 5.69 Å². The zero-order valence-electron chi connectivity index (χ0n) is 9.98. The number of nitrogens with zero attached hydrogens (tertiary/aromatic N) is 2. The molecule has 1 aliphatic rings. The van der Waals surface area contributed by atoms with Gasteiger partial charge < -0.3 is 4.90 Å². The molecule has 1 aromatic rings. The van der Waals surface area contributed by atoms with E-state index in [4.69, 9.17) is 5.26 Å². The minimum Gasteiger partial charge on any atom is -0.366 e. The smallest absolute Gasteiger partial charge is 0.0625 e. The molecule has 1 unspecified atom stereocenters. The van der Waals surface area contributed by atoms with Crippen molar-refractivity contribution in [3.63, 3.8) is 0 Å². The van der Waals surface area contributed by atoms with Crippen LogP contribution in [0.2, 0.25) is 0 Å². The first-order valence-electron chi connectivity index (χ1n) is 5.86. The number of para-hydroxylation sites is 1. The van der Waals surface area contributed by atoms with E-state index < -0.39 is 0 Å². The molecule has 1 atom stereocenters. The highest BCUT2D eigenvalue weighted by Gasteiger charge is 2.40. The summed E-state index contributed by atoms with van der Waals surface area (Å²) in [5.74, 6) is 0.484. The zero-order chi connectivity index (χ0) is 11.6. The van der Waals surface area contributed by atoms with Gasteiger partial charge in [0, 0.05) is 24.2 Å². The van der Waals surface area contributed by atoms with Gasteiger partial charge in [0.05, 0.1) is 6.07 Å². The van der Waals surface area contributed by atoms with Crippen molar-refractivity contribution < 1.29 is 0 Å². The molecule has 1 heterocycles. The molecule has 84 valence electrons. The van der Waals surface area contributed by atoms with Crippen molar-refractivity contribution in [3.05, 3.63) is 30.3 Å². The second kappa shape index (κ2) is 4.17. The summed E-state index contributed by atoms with van der Waals surface area (Å²) in [5.41, 5.74) is 1.37. The Kier molecular flexibility index (Phi) is 2.87. The molecular formula is C14H18N2. The highest BCUT2D eigenvalue weighted by molar-refractivity contribution is 5.50. The van der Waals surface area contributed by atoms with Crippen molar-refractivity contribution in [2.45, 2.75) is 32.2 Å². The Bertz CT molecular complexity index is 389. The lowest BCUT2D eigenvalue weighted by atomic mass is 9.86. The van der Waals surface area contributed by atoms with Crippen molar-refractivity contribution in [2.75, 3.05) is 11.4 Å². The van der Waals surface area contributed by atoms with Gasteiger partial charge in [-0.2, -0.15) is 5.26 Å². The van der Waals surface area contributed by atoms with Gasteiger partial charge in [0.2, 0.25) is 0 Å². The van der Waals surface area contributed by atoms with Crippen LogP contribution < -0.4 is 4.90 Å². The molecular weight excluding hydrogens is 196 g/mol. The van der Waals surface area contributed by atoms with Crippen LogP contribution in [0, 0.1) is 17.2 Å². The monoisotopic (exact) mass is 214 g/mol. The summed E-state index contributed by atoms with van der Waals surface area (Å²) < 4.78 is 0. The topological polar surface area (TPSA) is 27.0 Å². The quantitative estimate of drug-likeness (QED) is 0.756. The highest BCUT2D eigenvalue weighted by Crippen LogP contribution is 2.39. The second-order valence-electron chi connectivity index (χ2n) is 4.99. The van der Waals surface area contributed by atoms with Crippen molar-refractivity contribution in [3.8, 4) is 6.07 Å². The number of hydrogen-bond acceptors (Lipinski definition) is 2. The molecule has 0 bridgehead atoms. The fourth-order valence-electron chi connectivity index (χ4n) is 2.68.